The van der Waals surface area contributed by atoms with Gasteiger partial charge in [0.05, 0.1) is 25.2 Å². The number of thiol groups is 1. The zero-order valence-corrected chi connectivity index (χ0v) is 38.0. The number of nitrogens with zero attached hydrogens (tertiary/aromatic N) is 2. The standard InChI is InChI=1S/C40H57N13O15S/c1-19(47-33(61)22(41)14-30(56)57)32(60)48-24(9-10-29(54)55)35(63)50-25(12-20-6-3-2-4-7-20)36(64)49-23(8-5-11-45-40(42)43)34(62)51-26(13-21-16-44-18-46-21)37(65)52-27(15-31(58)59)38(66)53-28(17-69)39(67)68/h2-4,6-7,16,18-19,22-28,69H,5,8-15,17,41H2,1H3,(H,44,46)(H,47,61)(H,48,60)(H,49,64)(H,50,63)(H,51,62)(H,52,65)(H,53,66)(H,54,55)(H,56,57)(H,58,59)(H,67,68)(H4,42,43,45)/t19-,22-,23-,24-,25-,26-,27-,28-/m0/s1. The Morgan fingerprint density at radius 1 is 0.638 bits per heavy atom. The van der Waals surface area contributed by atoms with Crippen molar-refractivity contribution in [3.8, 4) is 0 Å². The highest BCUT2D eigenvalue weighted by Crippen LogP contribution is 2.10. The second kappa shape index (κ2) is 29.0. The van der Waals surface area contributed by atoms with Crippen LogP contribution in [0, 0.1) is 0 Å². The summed E-state index contributed by atoms with van der Waals surface area (Å²) < 4.78 is 0. The van der Waals surface area contributed by atoms with Crippen molar-refractivity contribution in [3.05, 3.63) is 54.1 Å². The molecule has 1 heterocycles. The lowest BCUT2D eigenvalue weighted by molar-refractivity contribution is -0.143. The molecule has 0 aliphatic carbocycles. The number of carboxylic acid groups (broad SMARTS) is 4. The molecule has 0 aliphatic heterocycles. The average molecular weight is 992 g/mol. The minimum atomic E-state index is -1.86. The molecule has 2 aromatic rings. The van der Waals surface area contributed by atoms with Crippen molar-refractivity contribution in [1.82, 2.24) is 47.2 Å². The number of aromatic nitrogens is 2. The third-order valence-electron chi connectivity index (χ3n) is 9.68. The lowest BCUT2D eigenvalue weighted by atomic mass is 10.0. The highest BCUT2D eigenvalue weighted by Gasteiger charge is 2.35. The van der Waals surface area contributed by atoms with Gasteiger partial charge in [0, 0.05) is 43.5 Å². The first-order chi connectivity index (χ1) is 32.5. The average Bonchev–Trinajstić information content (AvgIpc) is 3.79. The molecule has 0 radical (unpaired) electrons. The largest absolute Gasteiger partial charge is 0.481 e. The summed E-state index contributed by atoms with van der Waals surface area (Å²) in [5.74, 6) is -13.9. The summed E-state index contributed by atoms with van der Waals surface area (Å²) in [5.41, 5.74) is 17.2. The van der Waals surface area contributed by atoms with E-state index >= 15 is 0 Å². The number of hydrogen-bond acceptors (Lipinski definition) is 15. The number of aliphatic imine (C=N–C) groups is 1. The molecule has 7 amide bonds. The maximum atomic E-state index is 14.3. The van der Waals surface area contributed by atoms with Crippen molar-refractivity contribution >= 4 is 83.8 Å². The molecule has 2 rings (SSSR count). The second-order valence-corrected chi connectivity index (χ2v) is 15.6. The van der Waals surface area contributed by atoms with E-state index in [0.717, 1.165) is 0 Å². The fourth-order valence-corrected chi connectivity index (χ4v) is 6.34. The third kappa shape index (κ3) is 21.6. The van der Waals surface area contributed by atoms with Crippen LogP contribution in [0.15, 0.2) is 47.8 Å². The molecule has 0 saturated heterocycles. The van der Waals surface area contributed by atoms with Gasteiger partial charge in [-0.1, -0.05) is 30.3 Å². The van der Waals surface area contributed by atoms with Crippen LogP contribution >= 0.6 is 12.6 Å². The highest BCUT2D eigenvalue weighted by atomic mass is 32.1. The minimum Gasteiger partial charge on any atom is -0.481 e. The molecule has 29 heteroatoms. The van der Waals surface area contributed by atoms with Crippen LogP contribution in [0.4, 0.5) is 0 Å². The number of H-pyrrole nitrogens is 1. The van der Waals surface area contributed by atoms with Gasteiger partial charge in [-0.2, -0.15) is 12.6 Å². The fourth-order valence-electron chi connectivity index (χ4n) is 6.09. The van der Waals surface area contributed by atoms with Gasteiger partial charge in [-0.3, -0.25) is 52.9 Å². The predicted molar refractivity (Wildman–Crippen MR) is 242 cm³/mol. The van der Waals surface area contributed by atoms with Crippen LogP contribution in [0.1, 0.15) is 56.7 Å². The number of guanidine groups is 1. The van der Waals surface area contributed by atoms with Crippen molar-refractivity contribution in [3.63, 3.8) is 0 Å². The van der Waals surface area contributed by atoms with E-state index in [9.17, 15) is 68.1 Å². The molecule has 8 atom stereocenters. The van der Waals surface area contributed by atoms with E-state index in [1.54, 1.807) is 30.3 Å². The SMILES string of the molecule is C[C@H](NC(=O)[C@@H](N)CC(=O)O)C(=O)N[C@@H](CCC(=O)O)C(=O)N[C@@H](Cc1ccccc1)C(=O)N[C@@H](CCCN=C(N)N)C(=O)N[C@@H](Cc1cnc[nH]1)C(=O)N[C@@H](CC(=O)O)C(=O)N[C@@H](CS)C(=O)O. The predicted octanol–water partition coefficient (Wildman–Crippen LogP) is -5.18. The van der Waals surface area contributed by atoms with Crippen molar-refractivity contribution in [2.75, 3.05) is 12.3 Å². The number of carbonyl (C=O) groups excluding carboxylic acids is 7. The second-order valence-electron chi connectivity index (χ2n) is 15.3. The number of aromatic amines is 1. The number of carbonyl (C=O) groups is 11. The van der Waals surface area contributed by atoms with Crippen molar-refractivity contribution < 1.29 is 73.2 Å². The maximum Gasteiger partial charge on any atom is 0.327 e. The van der Waals surface area contributed by atoms with E-state index in [1.807, 2.05) is 0 Å². The van der Waals surface area contributed by atoms with Crippen LogP contribution in [0.3, 0.4) is 0 Å². The molecule has 0 fully saturated rings. The highest BCUT2D eigenvalue weighted by molar-refractivity contribution is 7.80. The third-order valence-corrected chi connectivity index (χ3v) is 10.0. The van der Waals surface area contributed by atoms with E-state index in [-0.39, 0.29) is 43.9 Å². The van der Waals surface area contributed by atoms with Crippen LogP contribution in [-0.4, -0.2) is 162 Å². The summed E-state index contributed by atoms with van der Waals surface area (Å²) >= 11 is 3.87. The Bertz CT molecular complexity index is 2160. The molecule has 28 nitrogen and oxygen atoms in total. The van der Waals surface area contributed by atoms with Gasteiger partial charge in [0.2, 0.25) is 41.4 Å². The molecule has 18 N–H and O–H groups in total. The van der Waals surface area contributed by atoms with Gasteiger partial charge in [-0.05, 0) is 31.7 Å². The van der Waals surface area contributed by atoms with Gasteiger partial charge in [-0.15, -0.1) is 0 Å². The van der Waals surface area contributed by atoms with Crippen LogP contribution in [0.25, 0.3) is 0 Å². The number of rotatable bonds is 31. The molecule has 0 aliphatic rings. The van der Waals surface area contributed by atoms with Gasteiger partial charge in [0.1, 0.15) is 42.3 Å². The Kier molecular flexibility index (Phi) is 24.1. The molecule has 0 saturated carbocycles. The number of aliphatic carboxylic acids is 4. The number of imidazole rings is 1. The lowest BCUT2D eigenvalue weighted by Gasteiger charge is -2.27. The topological polar surface area (TPSA) is 472 Å². The molecular weight excluding hydrogens is 935 g/mol. The van der Waals surface area contributed by atoms with Gasteiger partial charge in [0.25, 0.3) is 0 Å². The van der Waals surface area contributed by atoms with Crippen LogP contribution < -0.4 is 54.4 Å². The van der Waals surface area contributed by atoms with Crippen molar-refractivity contribution in [2.24, 2.45) is 22.2 Å². The Morgan fingerprint density at radius 3 is 1.67 bits per heavy atom. The van der Waals surface area contributed by atoms with Crippen LogP contribution in [0.2, 0.25) is 0 Å². The summed E-state index contributed by atoms with van der Waals surface area (Å²) in [7, 11) is 0. The minimum absolute atomic E-state index is 0.0271. The first-order valence-corrected chi connectivity index (χ1v) is 21.6. The van der Waals surface area contributed by atoms with E-state index in [2.05, 4.69) is 64.8 Å². The van der Waals surface area contributed by atoms with Crippen LogP contribution in [-0.2, 0) is 65.6 Å². The number of benzene rings is 1. The monoisotopic (exact) mass is 991 g/mol. The maximum absolute atomic E-state index is 14.3. The van der Waals surface area contributed by atoms with Crippen molar-refractivity contribution in [2.45, 2.75) is 107 Å². The van der Waals surface area contributed by atoms with Crippen molar-refractivity contribution in [1.29, 1.82) is 0 Å². The van der Waals surface area contributed by atoms with E-state index in [4.69, 9.17) is 22.3 Å². The van der Waals surface area contributed by atoms with Gasteiger partial charge in [-0.25, -0.2) is 9.78 Å². The number of carboxylic acids is 4. The van der Waals surface area contributed by atoms with Crippen LogP contribution in [0.5, 0.6) is 0 Å². The first kappa shape index (κ1) is 57.3. The summed E-state index contributed by atoms with van der Waals surface area (Å²) in [4.78, 5) is 151. The van der Waals surface area contributed by atoms with Gasteiger partial charge < -0.3 is 79.8 Å². The quantitative estimate of drug-likeness (QED) is 0.0145. The number of amides is 7. The molecule has 0 spiro atoms. The zero-order valence-electron chi connectivity index (χ0n) is 37.1. The normalized spacial score (nSPS) is 14.2. The molecular formula is C40H57N13O15S. The smallest absolute Gasteiger partial charge is 0.327 e. The summed E-state index contributed by atoms with van der Waals surface area (Å²) in [6, 6.07) is -4.64. The van der Waals surface area contributed by atoms with E-state index in [1.165, 1.54) is 19.4 Å². The number of nitrogens with two attached hydrogens (primary N) is 3. The van der Waals surface area contributed by atoms with Gasteiger partial charge >= 0.3 is 23.9 Å². The molecule has 69 heavy (non-hydrogen) atoms. The lowest BCUT2D eigenvalue weighted by Crippen LogP contribution is -2.60. The summed E-state index contributed by atoms with van der Waals surface area (Å²) in [6.07, 6.45) is -1.21. The van der Waals surface area contributed by atoms with E-state index in [0.29, 0.717) is 5.56 Å². The number of nitrogens with one attached hydrogen (secondary N) is 8. The Morgan fingerprint density at radius 2 is 1.14 bits per heavy atom. The Balaban J connectivity index is 2.51. The van der Waals surface area contributed by atoms with E-state index < -0.39 is 145 Å². The number of hydrogen-bond donors (Lipinski definition) is 16. The molecule has 0 bridgehead atoms. The summed E-state index contributed by atoms with van der Waals surface area (Å²) in [5, 5.41) is 53.6. The molecule has 0 unspecified atom stereocenters. The molecule has 378 valence electrons. The molecule has 1 aromatic heterocycles. The fraction of sp³-hybridized carbons (Fsp3) is 0.475. The van der Waals surface area contributed by atoms with Gasteiger partial charge in [0.15, 0.2) is 5.96 Å². The zero-order chi connectivity index (χ0) is 51.8. The Labute approximate surface area is 398 Å². The Hall–Kier alpha value is -7.82. The molecule has 1 aromatic carbocycles. The summed E-state index contributed by atoms with van der Waals surface area (Å²) in [6.45, 7) is 1.13. The first-order valence-electron chi connectivity index (χ1n) is 20.9.